The third-order valence-electron chi connectivity index (χ3n) is 4.36. The normalized spacial score (nSPS) is 11.6. The minimum Gasteiger partial charge on any atom is -0.497 e. The summed E-state index contributed by atoms with van der Waals surface area (Å²) in [5.74, 6) is 0.486. The molecule has 0 aromatic heterocycles. The van der Waals surface area contributed by atoms with E-state index in [1.807, 2.05) is 24.3 Å². The van der Waals surface area contributed by atoms with Crippen LogP contribution in [0.25, 0.3) is 0 Å². The van der Waals surface area contributed by atoms with Crippen LogP contribution in [0.4, 0.5) is 0 Å². The zero-order valence-electron chi connectivity index (χ0n) is 16.1. The molecule has 6 nitrogen and oxygen atoms in total. The van der Waals surface area contributed by atoms with Crippen molar-refractivity contribution in [3.8, 4) is 5.75 Å². The number of hydrogen-bond donors (Lipinski definition) is 1. The lowest BCUT2D eigenvalue weighted by atomic mass is 10.1. The number of benzene rings is 2. The van der Waals surface area contributed by atoms with Gasteiger partial charge in [0.1, 0.15) is 5.75 Å². The Bertz CT molecular complexity index is 877. The molecule has 1 N–H and O–H groups in total. The van der Waals surface area contributed by atoms with Crippen molar-refractivity contribution in [1.29, 1.82) is 0 Å². The number of carbonyl (C=O) groups excluding carboxylic acids is 1. The summed E-state index contributed by atoms with van der Waals surface area (Å²) in [6.45, 7) is 4.05. The third kappa shape index (κ3) is 5.30. The Kier molecular flexibility index (Phi) is 6.98. The molecule has 0 spiro atoms. The van der Waals surface area contributed by atoms with Crippen molar-refractivity contribution >= 4 is 15.9 Å². The van der Waals surface area contributed by atoms with Gasteiger partial charge in [-0.2, -0.15) is 4.31 Å². The average molecular weight is 391 g/mol. The summed E-state index contributed by atoms with van der Waals surface area (Å²) in [5, 5.41) is 2.83. The SMILES string of the molecule is COc1ccc(CCNC(=O)c2cccc(S(=O)(=O)N(C)C(C)C)c2)cc1. The van der Waals surface area contributed by atoms with Crippen molar-refractivity contribution in [3.05, 3.63) is 59.7 Å². The van der Waals surface area contributed by atoms with Crippen LogP contribution in [0, 0.1) is 0 Å². The lowest BCUT2D eigenvalue weighted by molar-refractivity contribution is 0.0954. The summed E-state index contributed by atoms with van der Waals surface area (Å²) in [4.78, 5) is 12.5. The number of amides is 1. The molecule has 0 heterocycles. The van der Waals surface area contributed by atoms with E-state index >= 15 is 0 Å². The molecule has 2 aromatic carbocycles. The number of sulfonamides is 1. The van der Waals surface area contributed by atoms with Crippen molar-refractivity contribution in [2.24, 2.45) is 0 Å². The minimum absolute atomic E-state index is 0.113. The van der Waals surface area contributed by atoms with Crippen molar-refractivity contribution in [2.75, 3.05) is 20.7 Å². The first-order chi connectivity index (χ1) is 12.8. The van der Waals surface area contributed by atoms with Gasteiger partial charge in [0.25, 0.3) is 5.91 Å². The highest BCUT2D eigenvalue weighted by Crippen LogP contribution is 2.18. The van der Waals surface area contributed by atoms with Crippen LogP contribution in [0.3, 0.4) is 0 Å². The summed E-state index contributed by atoms with van der Waals surface area (Å²) in [6, 6.07) is 13.6. The van der Waals surface area contributed by atoms with Crippen molar-refractivity contribution in [3.63, 3.8) is 0 Å². The van der Waals surface area contributed by atoms with Gasteiger partial charge in [-0.05, 0) is 56.2 Å². The van der Waals surface area contributed by atoms with Crippen LogP contribution < -0.4 is 10.1 Å². The van der Waals surface area contributed by atoms with E-state index in [1.165, 1.54) is 23.5 Å². The second-order valence-corrected chi connectivity index (χ2v) is 8.49. The van der Waals surface area contributed by atoms with Gasteiger partial charge in [-0.25, -0.2) is 8.42 Å². The van der Waals surface area contributed by atoms with Gasteiger partial charge in [0.05, 0.1) is 12.0 Å². The molecule has 0 bridgehead atoms. The van der Waals surface area contributed by atoms with Gasteiger partial charge in [0, 0.05) is 25.2 Å². The highest BCUT2D eigenvalue weighted by Gasteiger charge is 2.23. The number of nitrogens with zero attached hydrogens (tertiary/aromatic N) is 1. The number of hydrogen-bond acceptors (Lipinski definition) is 4. The first-order valence-electron chi connectivity index (χ1n) is 8.75. The predicted molar refractivity (Wildman–Crippen MR) is 106 cm³/mol. The topological polar surface area (TPSA) is 75.7 Å². The molecule has 0 aliphatic rings. The highest BCUT2D eigenvalue weighted by atomic mass is 32.2. The summed E-state index contributed by atoms with van der Waals surface area (Å²) >= 11 is 0. The standard InChI is InChI=1S/C20H26N2O4S/c1-15(2)22(3)27(24,25)19-7-5-6-17(14-19)20(23)21-13-12-16-8-10-18(26-4)11-9-16/h5-11,14-15H,12-13H2,1-4H3,(H,21,23). The molecule has 2 aromatic rings. The van der Waals surface area contributed by atoms with E-state index in [0.29, 0.717) is 18.5 Å². The second kappa shape index (κ2) is 9.01. The van der Waals surface area contributed by atoms with Crippen LogP contribution in [-0.4, -0.2) is 45.4 Å². The number of nitrogens with one attached hydrogen (secondary N) is 1. The van der Waals surface area contributed by atoms with E-state index in [-0.39, 0.29) is 16.8 Å². The van der Waals surface area contributed by atoms with Crippen LogP contribution >= 0.6 is 0 Å². The van der Waals surface area contributed by atoms with Gasteiger partial charge in [0.15, 0.2) is 0 Å². The zero-order chi connectivity index (χ0) is 20.0. The summed E-state index contributed by atoms with van der Waals surface area (Å²) in [7, 11) is -0.480. The zero-order valence-corrected chi connectivity index (χ0v) is 16.9. The molecule has 0 saturated carbocycles. The summed E-state index contributed by atoms with van der Waals surface area (Å²) in [6.07, 6.45) is 0.670. The fourth-order valence-electron chi connectivity index (χ4n) is 2.46. The van der Waals surface area contributed by atoms with Gasteiger partial charge in [0.2, 0.25) is 10.0 Å². The Balaban J connectivity index is 2.02. The minimum atomic E-state index is -3.62. The van der Waals surface area contributed by atoms with E-state index in [2.05, 4.69) is 5.32 Å². The van der Waals surface area contributed by atoms with Crippen molar-refractivity contribution in [1.82, 2.24) is 9.62 Å². The first-order valence-corrected chi connectivity index (χ1v) is 10.2. The van der Waals surface area contributed by atoms with Gasteiger partial charge in [-0.1, -0.05) is 18.2 Å². The Hall–Kier alpha value is -2.38. The Morgan fingerprint density at radius 3 is 2.41 bits per heavy atom. The van der Waals surface area contributed by atoms with Crippen molar-refractivity contribution < 1.29 is 17.9 Å². The average Bonchev–Trinajstić information content (AvgIpc) is 2.67. The van der Waals surface area contributed by atoms with E-state index in [1.54, 1.807) is 33.1 Å². The quantitative estimate of drug-likeness (QED) is 0.752. The molecule has 27 heavy (non-hydrogen) atoms. The fourth-order valence-corrected chi connectivity index (χ4v) is 3.87. The van der Waals surface area contributed by atoms with E-state index in [9.17, 15) is 13.2 Å². The van der Waals surface area contributed by atoms with E-state index in [4.69, 9.17) is 4.74 Å². The molecular formula is C20H26N2O4S. The summed E-state index contributed by atoms with van der Waals surface area (Å²) < 4.78 is 31.6. The lowest BCUT2D eigenvalue weighted by Crippen LogP contribution is -2.33. The second-order valence-electron chi connectivity index (χ2n) is 6.50. The molecule has 0 aliphatic heterocycles. The molecule has 146 valence electrons. The molecule has 1 amide bonds. The van der Waals surface area contributed by atoms with Crippen molar-refractivity contribution in [2.45, 2.75) is 31.2 Å². The first kappa shape index (κ1) is 20.9. The molecule has 0 aliphatic carbocycles. The molecule has 7 heteroatoms. The van der Waals surface area contributed by atoms with Crippen LogP contribution in [0.5, 0.6) is 5.75 Å². The number of rotatable bonds is 8. The fraction of sp³-hybridized carbons (Fsp3) is 0.350. The van der Waals surface area contributed by atoms with Gasteiger partial charge >= 0.3 is 0 Å². The molecule has 0 fully saturated rings. The third-order valence-corrected chi connectivity index (χ3v) is 6.39. The molecular weight excluding hydrogens is 364 g/mol. The Morgan fingerprint density at radius 1 is 1.15 bits per heavy atom. The largest absolute Gasteiger partial charge is 0.497 e. The maximum atomic E-state index is 12.6. The van der Waals surface area contributed by atoms with Gasteiger partial charge in [-0.15, -0.1) is 0 Å². The monoisotopic (exact) mass is 390 g/mol. The number of methoxy groups -OCH3 is 1. The lowest BCUT2D eigenvalue weighted by Gasteiger charge is -2.21. The molecule has 0 atom stereocenters. The smallest absolute Gasteiger partial charge is 0.251 e. The van der Waals surface area contributed by atoms with E-state index in [0.717, 1.165) is 11.3 Å². The predicted octanol–water partition coefficient (Wildman–Crippen LogP) is 2.70. The maximum absolute atomic E-state index is 12.6. The number of carbonyl (C=O) groups is 1. The van der Waals surface area contributed by atoms with Gasteiger partial charge in [-0.3, -0.25) is 4.79 Å². The molecule has 0 saturated heterocycles. The molecule has 0 unspecified atom stereocenters. The van der Waals surface area contributed by atoms with E-state index < -0.39 is 10.0 Å². The highest BCUT2D eigenvalue weighted by molar-refractivity contribution is 7.89. The maximum Gasteiger partial charge on any atom is 0.251 e. The molecule has 2 rings (SSSR count). The van der Waals surface area contributed by atoms with Crippen LogP contribution in [0.2, 0.25) is 0 Å². The van der Waals surface area contributed by atoms with Crippen LogP contribution in [-0.2, 0) is 16.4 Å². The van der Waals surface area contributed by atoms with Gasteiger partial charge < -0.3 is 10.1 Å². The Morgan fingerprint density at radius 2 is 1.81 bits per heavy atom. The van der Waals surface area contributed by atoms with Crippen LogP contribution in [0.15, 0.2) is 53.4 Å². The summed E-state index contributed by atoms with van der Waals surface area (Å²) in [5.41, 5.74) is 1.40. The number of ether oxygens (including phenoxy) is 1. The van der Waals surface area contributed by atoms with Crippen LogP contribution in [0.1, 0.15) is 29.8 Å². The molecule has 0 radical (unpaired) electrons. The Labute approximate surface area is 161 Å².